The smallest absolute Gasteiger partial charge is 0.323 e. The third-order valence-electron chi connectivity index (χ3n) is 13.9. The molecule has 0 radical (unpaired) electrons. The molecule has 24 heteroatoms. The van der Waals surface area contributed by atoms with E-state index in [1.165, 1.54) is 113 Å². The van der Waals surface area contributed by atoms with E-state index in [0.717, 1.165) is 59.6 Å². The summed E-state index contributed by atoms with van der Waals surface area (Å²) in [5.74, 6) is -1.75. The van der Waals surface area contributed by atoms with Crippen LogP contribution in [0.5, 0.6) is 0 Å². The fourth-order valence-electron chi connectivity index (χ4n) is 9.61. The monoisotopic (exact) mass is 1370 g/mol. The molecule has 10 aromatic rings. The van der Waals surface area contributed by atoms with Gasteiger partial charge in [0.1, 0.15) is 42.9 Å². The molecule has 0 aliphatic carbocycles. The largest absolute Gasteiger partial charge is 0.748 e. The van der Waals surface area contributed by atoms with Crippen molar-refractivity contribution in [2.75, 3.05) is 44.4 Å². The Morgan fingerprint density at radius 1 is 0.347 bits per heavy atom. The van der Waals surface area contributed by atoms with Gasteiger partial charge in [-0.15, -0.1) is 0 Å². The van der Waals surface area contributed by atoms with Gasteiger partial charge in [-0.3, -0.25) is 19.0 Å². The second kappa shape index (κ2) is 37.4. The molecule has 0 aromatic heterocycles. The second-order valence-electron chi connectivity index (χ2n) is 22.5. The van der Waals surface area contributed by atoms with Gasteiger partial charge in [0.2, 0.25) is 11.8 Å². The number of urea groups is 2. The lowest BCUT2D eigenvalue weighted by Crippen LogP contribution is -3.08. The summed E-state index contributed by atoms with van der Waals surface area (Å²) in [7, 11) is -7.58. The molecule has 0 aliphatic heterocycles. The van der Waals surface area contributed by atoms with E-state index in [1.807, 2.05) is 121 Å². The maximum Gasteiger partial charge on any atom is 0.323 e. The first kappa shape index (κ1) is 74.5. The molecule has 508 valence electrons. The van der Waals surface area contributed by atoms with Crippen LogP contribution in [-0.4, -0.2) is 67.2 Å². The number of nitrogens with one attached hydrogen (secondary N) is 7. The zero-order valence-electron chi connectivity index (χ0n) is 53.3. The molecule has 0 heterocycles. The third kappa shape index (κ3) is 30.3. The van der Waals surface area contributed by atoms with Crippen LogP contribution in [0.25, 0.3) is 0 Å². The highest BCUT2D eigenvalue weighted by molar-refractivity contribution is 7.85. The zero-order chi connectivity index (χ0) is 70.5. The van der Waals surface area contributed by atoms with Gasteiger partial charge in [-0.1, -0.05) is 133 Å². The Morgan fingerprint density at radius 3 is 0.847 bits per heavy atom. The van der Waals surface area contributed by atoms with Crippen molar-refractivity contribution in [3.05, 3.63) is 323 Å². The first-order chi connectivity index (χ1) is 46.7. The van der Waals surface area contributed by atoms with Crippen molar-refractivity contribution in [1.29, 1.82) is 0 Å². The molecule has 0 saturated carbocycles. The topological polar surface area (TPSA) is 260 Å². The molecule has 8 N–H and O–H groups in total. The van der Waals surface area contributed by atoms with Crippen molar-refractivity contribution in [3.63, 3.8) is 0 Å². The number of carbonyl (C=O) groups excluding carboxylic acids is 4. The van der Waals surface area contributed by atoms with E-state index in [-0.39, 0.29) is 47.9 Å². The number of hydrogen-bond acceptors (Lipinski definition) is 10. The van der Waals surface area contributed by atoms with Crippen LogP contribution >= 0.6 is 0 Å². The maximum atomic E-state index is 13.1. The number of anilines is 6. The minimum Gasteiger partial charge on any atom is -0.748 e. The predicted molar refractivity (Wildman–Crippen MR) is 372 cm³/mol. The van der Waals surface area contributed by atoms with Crippen LogP contribution in [0.2, 0.25) is 0 Å². The van der Waals surface area contributed by atoms with Crippen molar-refractivity contribution >= 4 is 78.2 Å². The fourth-order valence-corrected chi connectivity index (χ4v) is 9.61. The van der Waals surface area contributed by atoms with Gasteiger partial charge in [0.05, 0.1) is 29.2 Å². The Balaban J connectivity index is 0.000000242. The number of amides is 6. The molecule has 0 saturated heterocycles. The normalized spacial score (nSPS) is 11.2. The van der Waals surface area contributed by atoms with E-state index < -0.39 is 32.3 Å². The molecule has 0 fully saturated rings. The number of quaternary nitrogens is 1. The van der Waals surface area contributed by atoms with Crippen molar-refractivity contribution in [2.45, 2.75) is 52.1 Å². The number of carbonyl (C=O) groups is 4. The predicted octanol–water partition coefficient (Wildman–Crippen LogP) is 13.2. The van der Waals surface area contributed by atoms with Gasteiger partial charge in [-0.2, -0.15) is 8.42 Å². The van der Waals surface area contributed by atoms with Crippen molar-refractivity contribution < 1.29 is 67.6 Å². The van der Waals surface area contributed by atoms with Crippen LogP contribution < -0.4 is 36.8 Å². The Kier molecular flexibility index (Phi) is 28.5. The molecule has 0 spiro atoms. The second-order valence-corrected chi connectivity index (χ2v) is 25.4. The van der Waals surface area contributed by atoms with E-state index in [1.54, 1.807) is 0 Å². The quantitative estimate of drug-likeness (QED) is 0.0234. The lowest BCUT2D eigenvalue weighted by molar-refractivity contribution is -0.941. The maximum absolute atomic E-state index is 13.1. The van der Waals surface area contributed by atoms with Gasteiger partial charge in [-0.25, -0.2) is 35.6 Å². The molecule has 6 amide bonds. The van der Waals surface area contributed by atoms with Crippen LogP contribution in [0.15, 0.2) is 255 Å². The number of nitrogens with zero attached hydrogens (tertiary/aromatic N) is 1. The number of hydrogen-bond donors (Lipinski definition) is 8. The highest BCUT2D eigenvalue weighted by atomic mass is 32.2. The Hall–Kier alpha value is -10.9. The number of rotatable bonds is 22. The molecular weight excluding hydrogens is 1300 g/mol. The van der Waals surface area contributed by atoms with Gasteiger partial charge < -0.3 is 41.4 Å². The Morgan fingerprint density at radius 2 is 0.551 bits per heavy atom. The van der Waals surface area contributed by atoms with E-state index in [0.29, 0.717) is 59.7 Å². The summed E-state index contributed by atoms with van der Waals surface area (Å²) in [4.78, 5) is 53.3. The summed E-state index contributed by atoms with van der Waals surface area (Å²) in [6.45, 7) is 4.47. The molecule has 0 aliphatic rings. The van der Waals surface area contributed by atoms with E-state index in [9.17, 15) is 45.2 Å². The van der Waals surface area contributed by atoms with Crippen molar-refractivity contribution in [1.82, 2.24) is 4.90 Å². The zero-order valence-corrected chi connectivity index (χ0v) is 54.9. The molecule has 10 rings (SSSR count). The van der Waals surface area contributed by atoms with Crippen molar-refractivity contribution in [2.24, 2.45) is 0 Å². The number of halogens is 4. The van der Waals surface area contributed by atoms with Crippen LogP contribution in [0.1, 0.15) is 44.5 Å². The summed E-state index contributed by atoms with van der Waals surface area (Å²) in [5, 5.41) is 16.6. The van der Waals surface area contributed by atoms with Crippen LogP contribution in [0, 0.1) is 23.3 Å². The van der Waals surface area contributed by atoms with Gasteiger partial charge in [-0.05, 0) is 149 Å². The fraction of sp³-hybridized carbons (Fsp3) is 0.135. The molecule has 98 heavy (non-hydrogen) atoms. The summed E-state index contributed by atoms with van der Waals surface area (Å²) < 4.78 is 106. The summed E-state index contributed by atoms with van der Waals surface area (Å²) >= 11 is 0. The SMILES string of the molecule is CS(=O)(=O)O.CS(=O)(=O)[O-].O=C(Cc1ccc(CN(Cc2ccccc2)Cc2ccc(NC(=O)Nc3ccc(F)cc3)cc2)cc1)Nc1ccc(F)cc1.O=C(Cc1ccc(C[NH+](Cc2ccccc2)Cc2ccc(NC(=O)Nc3ccc(F)cc3)cc2)cc1)Nc1ccc(F)cc1. The molecular formula is C74H72F4N8O10S2. The lowest BCUT2D eigenvalue weighted by Gasteiger charge is -2.23. The molecule has 1 atom stereocenters. The van der Waals surface area contributed by atoms with Crippen LogP contribution in [-0.2, 0) is 81.9 Å². The summed E-state index contributed by atoms with van der Waals surface area (Å²) in [6, 6.07) is 73.7. The molecule has 10 aromatic carbocycles. The van der Waals surface area contributed by atoms with E-state index in [4.69, 9.17) is 17.5 Å². The lowest BCUT2D eigenvalue weighted by atomic mass is 10.1. The van der Waals surface area contributed by atoms with Gasteiger partial charge in [0, 0.05) is 76.7 Å². The molecule has 0 bridgehead atoms. The molecule has 18 nitrogen and oxygen atoms in total. The van der Waals surface area contributed by atoms with Crippen LogP contribution in [0.4, 0.5) is 61.3 Å². The highest BCUT2D eigenvalue weighted by Crippen LogP contribution is 2.20. The van der Waals surface area contributed by atoms with Crippen LogP contribution in [0.3, 0.4) is 0 Å². The Labute approximate surface area is 566 Å². The average molecular weight is 1370 g/mol. The Bertz CT molecular complexity index is 3870. The van der Waals surface area contributed by atoms with E-state index in [2.05, 4.69) is 73.2 Å². The minimum atomic E-state index is -3.92. The number of benzene rings is 10. The average Bonchev–Trinajstić information content (AvgIpc) is 1.29. The van der Waals surface area contributed by atoms with Crippen molar-refractivity contribution in [3.8, 4) is 0 Å². The first-order valence-electron chi connectivity index (χ1n) is 30.3. The third-order valence-corrected chi connectivity index (χ3v) is 13.9. The minimum absolute atomic E-state index is 0.161. The molecule has 1 unspecified atom stereocenters. The van der Waals surface area contributed by atoms with E-state index >= 15 is 0 Å². The van der Waals surface area contributed by atoms with Gasteiger partial charge >= 0.3 is 12.1 Å². The standard InChI is InChI=1S/2C36H32F2N4O2.2CH4O3S/c2*37-30-12-18-32(19-13-30)39-35(43)22-26-6-8-28(9-7-26)24-42(23-27-4-2-1-3-5-27)25-29-10-16-33(17-11-29)40-36(44)41-34-20-14-31(38)15-21-34;2*1-5(2,3)4/h2*1-21H,22-25H2,(H,39,43)(H2,40,41,44);2*1H3,(H,2,3,4). The van der Waals surface area contributed by atoms with Gasteiger partial charge in [0.25, 0.3) is 10.1 Å². The summed E-state index contributed by atoms with van der Waals surface area (Å²) in [6.07, 6.45) is 1.76. The summed E-state index contributed by atoms with van der Waals surface area (Å²) in [5.41, 5.74) is 12.1. The van der Waals surface area contributed by atoms with Gasteiger partial charge in [0.15, 0.2) is 0 Å². The first-order valence-corrected chi connectivity index (χ1v) is 34.0. The highest BCUT2D eigenvalue weighted by Gasteiger charge is 2.16.